The van der Waals surface area contributed by atoms with Crippen molar-refractivity contribution in [1.82, 2.24) is 4.90 Å². The first-order valence-electron chi connectivity index (χ1n) is 9.96. The van der Waals surface area contributed by atoms with E-state index in [2.05, 4.69) is 0 Å². The lowest BCUT2D eigenvalue weighted by molar-refractivity contribution is -0.137. The van der Waals surface area contributed by atoms with Crippen molar-refractivity contribution in [3.63, 3.8) is 0 Å². The van der Waals surface area contributed by atoms with Gasteiger partial charge in [0.2, 0.25) is 5.91 Å². The molecule has 2 aromatic rings. The van der Waals surface area contributed by atoms with E-state index in [0.717, 1.165) is 53.5 Å². The largest absolute Gasteiger partial charge is 0.497 e. The molecule has 2 aromatic carbocycles. The molecule has 4 rings (SSSR count). The van der Waals surface area contributed by atoms with Gasteiger partial charge in [-0.05, 0) is 55.2 Å². The monoisotopic (exact) mass is 397 g/mol. The summed E-state index contributed by atoms with van der Waals surface area (Å²) in [6, 6.07) is 11.6. The molecule has 0 unspecified atom stereocenters. The zero-order valence-corrected chi connectivity index (χ0v) is 17.1. The van der Waals surface area contributed by atoms with Crippen LogP contribution in [0.1, 0.15) is 30.0 Å². The number of likely N-dealkylation sites (tertiary alicyclic amines) is 1. The average Bonchev–Trinajstić information content (AvgIpc) is 3.26. The Hall–Kier alpha value is -2.89. The molecular weight excluding hydrogens is 370 g/mol. The van der Waals surface area contributed by atoms with Gasteiger partial charge in [0, 0.05) is 18.2 Å². The molecule has 0 aliphatic carbocycles. The van der Waals surface area contributed by atoms with Gasteiger partial charge >= 0.3 is 0 Å². The number of carbonyl (C=O) groups excluding carboxylic acids is 1. The van der Waals surface area contributed by atoms with Crippen molar-refractivity contribution in [1.29, 1.82) is 0 Å². The summed E-state index contributed by atoms with van der Waals surface area (Å²) in [6.07, 6.45) is 2.56. The van der Waals surface area contributed by atoms with E-state index in [1.54, 1.807) is 21.3 Å². The molecule has 2 atom stereocenters. The second kappa shape index (κ2) is 8.23. The Bertz CT molecular complexity index is 897. The Labute approximate surface area is 171 Å². The van der Waals surface area contributed by atoms with E-state index in [1.165, 1.54) is 0 Å². The number of methoxy groups -OCH3 is 3. The lowest BCUT2D eigenvalue weighted by Crippen LogP contribution is -2.40. The molecule has 6 nitrogen and oxygen atoms in total. The fraction of sp³-hybridized carbons (Fsp3) is 0.435. The van der Waals surface area contributed by atoms with Gasteiger partial charge in [0.1, 0.15) is 29.6 Å². The molecule has 0 spiro atoms. The molecule has 0 saturated carbocycles. The fourth-order valence-electron chi connectivity index (χ4n) is 4.34. The third kappa shape index (κ3) is 3.71. The Kier molecular flexibility index (Phi) is 5.51. The maximum absolute atomic E-state index is 13.4. The highest BCUT2D eigenvalue weighted by atomic mass is 16.5. The van der Waals surface area contributed by atoms with Gasteiger partial charge in [-0.3, -0.25) is 4.79 Å². The van der Waals surface area contributed by atoms with Crippen LogP contribution in [0.5, 0.6) is 23.0 Å². The molecule has 0 aromatic heterocycles. The van der Waals surface area contributed by atoms with Gasteiger partial charge in [-0.15, -0.1) is 0 Å². The summed E-state index contributed by atoms with van der Waals surface area (Å²) in [5, 5.41) is 0. The lowest BCUT2D eigenvalue weighted by Gasteiger charge is -2.32. The predicted molar refractivity (Wildman–Crippen MR) is 109 cm³/mol. The highest BCUT2D eigenvalue weighted by molar-refractivity contribution is 5.81. The van der Waals surface area contributed by atoms with E-state index >= 15 is 0 Å². The number of benzene rings is 2. The summed E-state index contributed by atoms with van der Waals surface area (Å²) in [6.45, 7) is 1.15. The van der Waals surface area contributed by atoms with Crippen LogP contribution in [-0.4, -0.2) is 45.3 Å². The SMILES string of the molecule is COc1ccc2c(c1)C[C@H](C(=O)N1CCC[C@@H]1c1ccc(OC)cc1OC)CO2. The highest BCUT2D eigenvalue weighted by Gasteiger charge is 2.37. The third-order valence-corrected chi connectivity index (χ3v) is 5.86. The minimum atomic E-state index is -0.195. The van der Waals surface area contributed by atoms with Crippen molar-refractivity contribution in [3.8, 4) is 23.0 Å². The van der Waals surface area contributed by atoms with E-state index in [0.29, 0.717) is 13.0 Å². The second-order valence-electron chi connectivity index (χ2n) is 7.48. The molecule has 0 N–H and O–H groups in total. The molecule has 2 aliphatic rings. The van der Waals surface area contributed by atoms with Crippen LogP contribution < -0.4 is 18.9 Å². The molecule has 154 valence electrons. The molecule has 1 fully saturated rings. The number of hydrogen-bond acceptors (Lipinski definition) is 5. The molecule has 0 radical (unpaired) electrons. The first-order valence-corrected chi connectivity index (χ1v) is 9.96. The summed E-state index contributed by atoms with van der Waals surface area (Å²) >= 11 is 0. The Morgan fingerprint density at radius 2 is 1.79 bits per heavy atom. The van der Waals surface area contributed by atoms with Crippen LogP contribution in [0.2, 0.25) is 0 Å². The van der Waals surface area contributed by atoms with E-state index in [4.69, 9.17) is 18.9 Å². The fourth-order valence-corrected chi connectivity index (χ4v) is 4.34. The number of nitrogens with zero attached hydrogens (tertiary/aromatic N) is 1. The Morgan fingerprint density at radius 1 is 1.03 bits per heavy atom. The van der Waals surface area contributed by atoms with Crippen molar-refractivity contribution in [2.45, 2.75) is 25.3 Å². The van der Waals surface area contributed by atoms with Crippen LogP contribution >= 0.6 is 0 Å². The molecule has 2 aliphatic heterocycles. The van der Waals surface area contributed by atoms with Crippen molar-refractivity contribution >= 4 is 5.91 Å². The molecule has 2 heterocycles. The van der Waals surface area contributed by atoms with Gasteiger partial charge in [0.25, 0.3) is 0 Å². The minimum absolute atomic E-state index is 0.00932. The van der Waals surface area contributed by atoms with Crippen molar-refractivity contribution in [3.05, 3.63) is 47.5 Å². The number of carbonyl (C=O) groups is 1. The van der Waals surface area contributed by atoms with Gasteiger partial charge in [-0.25, -0.2) is 0 Å². The number of ether oxygens (including phenoxy) is 4. The van der Waals surface area contributed by atoms with Gasteiger partial charge in [0.15, 0.2) is 0 Å². The standard InChI is InChI=1S/C23H27NO5/c1-26-17-7-9-21-15(12-17)11-16(14-29-21)23(25)24-10-4-5-20(24)19-8-6-18(27-2)13-22(19)28-3/h6-9,12-13,16,20H,4-5,10-11,14H2,1-3H3/t16-,20+/m0/s1. The molecule has 6 heteroatoms. The number of fused-ring (bicyclic) bond motifs is 1. The summed E-state index contributed by atoms with van der Waals surface area (Å²) in [7, 11) is 4.93. The van der Waals surface area contributed by atoms with Crippen LogP contribution in [0.3, 0.4) is 0 Å². The smallest absolute Gasteiger partial charge is 0.229 e. The minimum Gasteiger partial charge on any atom is -0.497 e. The zero-order chi connectivity index (χ0) is 20.4. The maximum atomic E-state index is 13.4. The van der Waals surface area contributed by atoms with Crippen molar-refractivity contribution in [2.24, 2.45) is 5.92 Å². The van der Waals surface area contributed by atoms with E-state index < -0.39 is 0 Å². The first-order chi connectivity index (χ1) is 14.1. The Morgan fingerprint density at radius 3 is 2.55 bits per heavy atom. The number of rotatable bonds is 5. The van der Waals surface area contributed by atoms with Crippen molar-refractivity contribution < 1.29 is 23.7 Å². The van der Waals surface area contributed by atoms with Crippen LogP contribution in [-0.2, 0) is 11.2 Å². The van der Waals surface area contributed by atoms with Crippen LogP contribution in [0, 0.1) is 5.92 Å². The number of hydrogen-bond donors (Lipinski definition) is 0. The van der Waals surface area contributed by atoms with Crippen LogP contribution in [0.25, 0.3) is 0 Å². The third-order valence-electron chi connectivity index (χ3n) is 5.86. The molecule has 1 saturated heterocycles. The molecule has 0 bridgehead atoms. The van der Waals surface area contributed by atoms with E-state index in [1.807, 2.05) is 41.3 Å². The highest BCUT2D eigenvalue weighted by Crippen LogP contribution is 2.40. The lowest BCUT2D eigenvalue weighted by atomic mass is 9.94. The van der Waals surface area contributed by atoms with Gasteiger partial charge in [-0.1, -0.05) is 0 Å². The Balaban J connectivity index is 1.55. The predicted octanol–water partition coefficient (Wildman–Crippen LogP) is 3.63. The van der Waals surface area contributed by atoms with Crippen LogP contribution in [0.4, 0.5) is 0 Å². The topological polar surface area (TPSA) is 57.2 Å². The number of amides is 1. The molecular formula is C23H27NO5. The van der Waals surface area contributed by atoms with Gasteiger partial charge < -0.3 is 23.8 Å². The summed E-state index contributed by atoms with van der Waals surface area (Å²) in [5.41, 5.74) is 2.05. The van der Waals surface area contributed by atoms with Crippen LogP contribution in [0.15, 0.2) is 36.4 Å². The summed E-state index contributed by atoms with van der Waals surface area (Å²) in [5.74, 6) is 3.06. The first kappa shape index (κ1) is 19.4. The summed E-state index contributed by atoms with van der Waals surface area (Å²) < 4.78 is 22.1. The summed E-state index contributed by atoms with van der Waals surface area (Å²) in [4.78, 5) is 15.4. The zero-order valence-electron chi connectivity index (χ0n) is 17.1. The second-order valence-corrected chi connectivity index (χ2v) is 7.48. The van der Waals surface area contributed by atoms with Gasteiger partial charge in [-0.2, -0.15) is 0 Å². The van der Waals surface area contributed by atoms with E-state index in [-0.39, 0.29) is 17.9 Å². The molecule has 1 amide bonds. The quantitative estimate of drug-likeness (QED) is 0.771. The van der Waals surface area contributed by atoms with Crippen molar-refractivity contribution in [2.75, 3.05) is 34.5 Å². The van der Waals surface area contributed by atoms with Gasteiger partial charge in [0.05, 0.1) is 33.3 Å². The normalized spacial score (nSPS) is 20.6. The van der Waals surface area contributed by atoms with E-state index in [9.17, 15) is 4.79 Å². The molecule has 29 heavy (non-hydrogen) atoms. The average molecular weight is 397 g/mol. The maximum Gasteiger partial charge on any atom is 0.229 e.